The van der Waals surface area contributed by atoms with Gasteiger partial charge in [0.25, 0.3) is 0 Å². The molecule has 1 aliphatic carbocycles. The van der Waals surface area contributed by atoms with Crippen LogP contribution in [0.3, 0.4) is 0 Å². The lowest BCUT2D eigenvalue weighted by Crippen LogP contribution is -2.26. The molecule has 0 unspecified atom stereocenters. The molecule has 0 saturated heterocycles. The predicted molar refractivity (Wildman–Crippen MR) is 80.8 cm³/mol. The molecule has 0 heterocycles. The topological polar surface area (TPSA) is 37.4 Å². The molecule has 1 aromatic carbocycles. The van der Waals surface area contributed by atoms with Gasteiger partial charge in [0.2, 0.25) is 10.0 Å². The average Bonchev–Trinajstić information content (AvgIpc) is 3.10. The Morgan fingerprint density at radius 3 is 2.32 bits per heavy atom. The molecule has 106 valence electrons. The second kappa shape index (κ2) is 4.98. The summed E-state index contributed by atoms with van der Waals surface area (Å²) in [5.41, 5.74) is 2.81. The second-order valence-electron chi connectivity index (χ2n) is 5.59. The standard InChI is InChI=1S/C14H20ClNO2S/c1-9(2)11-7-13(15)12(10-5-6-10)8-14(11)16(3)19(4,17)18/h7-10H,5-6H2,1-4H3. The molecular formula is C14H20ClNO2S. The van der Waals surface area contributed by atoms with Gasteiger partial charge < -0.3 is 0 Å². The minimum absolute atomic E-state index is 0.227. The van der Waals surface area contributed by atoms with Crippen molar-refractivity contribution in [3.63, 3.8) is 0 Å². The van der Waals surface area contributed by atoms with Gasteiger partial charge in [-0.1, -0.05) is 25.4 Å². The van der Waals surface area contributed by atoms with E-state index in [4.69, 9.17) is 11.6 Å². The molecule has 19 heavy (non-hydrogen) atoms. The van der Waals surface area contributed by atoms with E-state index in [1.54, 1.807) is 7.05 Å². The Bertz CT molecular complexity index is 592. The van der Waals surface area contributed by atoms with Gasteiger partial charge in [0.1, 0.15) is 0 Å². The minimum Gasteiger partial charge on any atom is -0.273 e. The van der Waals surface area contributed by atoms with Gasteiger partial charge in [-0.05, 0) is 47.9 Å². The molecule has 0 bridgehead atoms. The van der Waals surface area contributed by atoms with Crippen molar-refractivity contribution in [1.29, 1.82) is 0 Å². The first-order valence-electron chi connectivity index (χ1n) is 6.49. The van der Waals surface area contributed by atoms with Crippen molar-refractivity contribution in [1.82, 2.24) is 0 Å². The monoisotopic (exact) mass is 301 g/mol. The van der Waals surface area contributed by atoms with Crippen LogP contribution >= 0.6 is 11.6 Å². The lowest BCUT2D eigenvalue weighted by molar-refractivity contribution is 0.600. The maximum Gasteiger partial charge on any atom is 0.232 e. The summed E-state index contributed by atoms with van der Waals surface area (Å²) in [5.74, 6) is 0.727. The van der Waals surface area contributed by atoms with Gasteiger partial charge in [-0.15, -0.1) is 0 Å². The Morgan fingerprint density at radius 2 is 1.89 bits per heavy atom. The third-order valence-electron chi connectivity index (χ3n) is 3.62. The Kier molecular flexibility index (Phi) is 3.85. The molecule has 0 aromatic heterocycles. The fraction of sp³-hybridized carbons (Fsp3) is 0.571. The maximum atomic E-state index is 11.8. The fourth-order valence-corrected chi connectivity index (χ4v) is 3.06. The normalized spacial score (nSPS) is 15.9. The third-order valence-corrected chi connectivity index (χ3v) is 5.14. The van der Waals surface area contributed by atoms with Crippen LogP contribution in [-0.2, 0) is 10.0 Å². The maximum absolute atomic E-state index is 11.8. The molecule has 0 radical (unpaired) electrons. The quantitative estimate of drug-likeness (QED) is 0.849. The van der Waals surface area contributed by atoms with Crippen molar-refractivity contribution in [2.45, 2.75) is 38.5 Å². The van der Waals surface area contributed by atoms with Crippen LogP contribution in [-0.4, -0.2) is 21.7 Å². The SMILES string of the molecule is CC(C)c1cc(Cl)c(C2CC2)cc1N(C)S(C)(=O)=O. The number of halogens is 1. The van der Waals surface area contributed by atoms with Gasteiger partial charge in [-0.3, -0.25) is 4.31 Å². The zero-order chi connectivity index (χ0) is 14.4. The molecule has 1 fully saturated rings. The summed E-state index contributed by atoms with van der Waals surface area (Å²) in [4.78, 5) is 0. The van der Waals surface area contributed by atoms with Crippen molar-refractivity contribution < 1.29 is 8.42 Å². The van der Waals surface area contributed by atoms with Crippen LogP contribution in [0.4, 0.5) is 5.69 Å². The molecule has 1 saturated carbocycles. The molecule has 0 aliphatic heterocycles. The smallest absolute Gasteiger partial charge is 0.232 e. The zero-order valence-electron chi connectivity index (χ0n) is 11.8. The molecule has 5 heteroatoms. The largest absolute Gasteiger partial charge is 0.273 e. The van der Waals surface area contributed by atoms with Crippen molar-refractivity contribution in [2.24, 2.45) is 0 Å². The minimum atomic E-state index is -3.26. The highest BCUT2D eigenvalue weighted by atomic mass is 35.5. The summed E-state index contributed by atoms with van der Waals surface area (Å²) >= 11 is 6.33. The summed E-state index contributed by atoms with van der Waals surface area (Å²) in [7, 11) is -1.66. The molecule has 2 rings (SSSR count). The predicted octanol–water partition coefficient (Wildman–Crippen LogP) is 3.74. The van der Waals surface area contributed by atoms with Crippen molar-refractivity contribution in [3.8, 4) is 0 Å². The van der Waals surface area contributed by atoms with E-state index >= 15 is 0 Å². The van der Waals surface area contributed by atoms with Gasteiger partial charge in [0, 0.05) is 12.1 Å². The highest BCUT2D eigenvalue weighted by molar-refractivity contribution is 7.92. The van der Waals surface area contributed by atoms with Crippen molar-refractivity contribution in [3.05, 3.63) is 28.3 Å². The van der Waals surface area contributed by atoms with E-state index in [9.17, 15) is 8.42 Å². The number of anilines is 1. The summed E-state index contributed by atoms with van der Waals surface area (Å²) in [6, 6.07) is 3.88. The average molecular weight is 302 g/mol. The van der Waals surface area contributed by atoms with E-state index in [1.807, 2.05) is 26.0 Å². The summed E-state index contributed by atoms with van der Waals surface area (Å²) in [6.45, 7) is 4.09. The van der Waals surface area contributed by atoms with Crippen molar-refractivity contribution in [2.75, 3.05) is 17.6 Å². The first kappa shape index (κ1) is 14.7. The third kappa shape index (κ3) is 3.06. The number of sulfonamides is 1. The van der Waals surface area contributed by atoms with E-state index in [0.29, 0.717) is 5.92 Å². The van der Waals surface area contributed by atoms with E-state index < -0.39 is 10.0 Å². The van der Waals surface area contributed by atoms with Gasteiger partial charge in [0.05, 0.1) is 11.9 Å². The molecule has 0 N–H and O–H groups in total. The molecule has 3 nitrogen and oxygen atoms in total. The molecule has 1 aromatic rings. The van der Waals surface area contributed by atoms with E-state index in [0.717, 1.165) is 34.7 Å². The van der Waals surface area contributed by atoms with Crippen LogP contribution in [0, 0.1) is 0 Å². The Balaban J connectivity index is 2.58. The number of rotatable bonds is 4. The molecule has 0 spiro atoms. The Morgan fingerprint density at radius 1 is 1.32 bits per heavy atom. The number of hydrogen-bond donors (Lipinski definition) is 0. The van der Waals surface area contributed by atoms with Gasteiger partial charge >= 0.3 is 0 Å². The highest BCUT2D eigenvalue weighted by Gasteiger charge is 2.28. The zero-order valence-corrected chi connectivity index (χ0v) is 13.3. The fourth-order valence-electron chi connectivity index (χ4n) is 2.21. The van der Waals surface area contributed by atoms with Gasteiger partial charge in [0.15, 0.2) is 0 Å². The van der Waals surface area contributed by atoms with Crippen molar-refractivity contribution >= 4 is 27.3 Å². The Hall–Kier alpha value is -0.740. The van der Waals surface area contributed by atoms with Crippen LogP contribution in [0.1, 0.15) is 49.7 Å². The highest BCUT2D eigenvalue weighted by Crippen LogP contribution is 2.46. The van der Waals surface area contributed by atoms with Crippen LogP contribution in [0.5, 0.6) is 0 Å². The van der Waals surface area contributed by atoms with Crippen LogP contribution in [0.15, 0.2) is 12.1 Å². The molecule has 1 aliphatic rings. The number of nitrogens with zero attached hydrogens (tertiary/aromatic N) is 1. The second-order valence-corrected chi connectivity index (χ2v) is 8.01. The molecular weight excluding hydrogens is 282 g/mol. The first-order chi connectivity index (χ1) is 8.71. The van der Waals surface area contributed by atoms with Gasteiger partial charge in [-0.25, -0.2) is 8.42 Å². The lowest BCUT2D eigenvalue weighted by atomic mass is 9.97. The summed E-state index contributed by atoms with van der Waals surface area (Å²) in [5, 5.41) is 0.761. The van der Waals surface area contributed by atoms with E-state index in [1.165, 1.54) is 10.6 Å². The molecule has 0 amide bonds. The van der Waals surface area contributed by atoms with Crippen LogP contribution < -0.4 is 4.31 Å². The van der Waals surface area contributed by atoms with Gasteiger partial charge in [-0.2, -0.15) is 0 Å². The lowest BCUT2D eigenvalue weighted by Gasteiger charge is -2.23. The van der Waals surface area contributed by atoms with E-state index in [-0.39, 0.29) is 5.92 Å². The summed E-state index contributed by atoms with van der Waals surface area (Å²) < 4.78 is 24.9. The summed E-state index contributed by atoms with van der Waals surface area (Å²) in [6.07, 6.45) is 3.51. The number of benzene rings is 1. The van der Waals surface area contributed by atoms with Crippen LogP contribution in [0.2, 0.25) is 5.02 Å². The number of hydrogen-bond acceptors (Lipinski definition) is 2. The van der Waals surface area contributed by atoms with Crippen LogP contribution in [0.25, 0.3) is 0 Å². The Labute approximate surface area is 120 Å². The van der Waals surface area contributed by atoms with E-state index in [2.05, 4.69) is 0 Å². The molecule has 0 atom stereocenters. The first-order valence-corrected chi connectivity index (χ1v) is 8.71.